The van der Waals surface area contributed by atoms with Crippen molar-refractivity contribution in [2.45, 2.75) is 18.4 Å². The minimum atomic E-state index is -1.05. The van der Waals surface area contributed by atoms with E-state index in [9.17, 15) is 9.90 Å². The third-order valence-electron chi connectivity index (χ3n) is 4.85. The first-order chi connectivity index (χ1) is 12.7. The summed E-state index contributed by atoms with van der Waals surface area (Å²) in [5, 5.41) is 17.8. The Morgan fingerprint density at radius 1 is 1.12 bits per heavy atom. The third-order valence-corrected chi connectivity index (χ3v) is 4.85. The average Bonchev–Trinajstić information content (AvgIpc) is 3.44. The Balaban J connectivity index is 1.47. The Labute approximate surface area is 151 Å². The third kappa shape index (κ3) is 3.26. The van der Waals surface area contributed by atoms with Crippen molar-refractivity contribution in [2.24, 2.45) is 5.92 Å². The summed E-state index contributed by atoms with van der Waals surface area (Å²) in [6, 6.07) is 20.6. The second-order valence-corrected chi connectivity index (χ2v) is 6.69. The van der Waals surface area contributed by atoms with E-state index in [-0.39, 0.29) is 24.1 Å². The SMILES string of the molecule is O=C(NC[C@](O)(c1ccccc1)C1CC1)c1cc(-c2ccccc2)on1. The molecule has 0 saturated heterocycles. The number of benzene rings is 2. The first-order valence-electron chi connectivity index (χ1n) is 8.75. The van der Waals surface area contributed by atoms with Crippen LogP contribution in [-0.4, -0.2) is 22.7 Å². The number of aromatic nitrogens is 1. The van der Waals surface area contributed by atoms with Crippen molar-refractivity contribution in [2.75, 3.05) is 6.54 Å². The van der Waals surface area contributed by atoms with E-state index in [0.717, 1.165) is 24.0 Å². The lowest BCUT2D eigenvalue weighted by Gasteiger charge is -2.29. The molecule has 0 aliphatic heterocycles. The van der Waals surface area contributed by atoms with E-state index in [0.29, 0.717) is 5.76 Å². The van der Waals surface area contributed by atoms with Crippen molar-refractivity contribution in [3.63, 3.8) is 0 Å². The van der Waals surface area contributed by atoms with Gasteiger partial charge >= 0.3 is 0 Å². The van der Waals surface area contributed by atoms with Crippen molar-refractivity contribution < 1.29 is 14.4 Å². The van der Waals surface area contributed by atoms with Gasteiger partial charge < -0.3 is 14.9 Å². The smallest absolute Gasteiger partial charge is 0.273 e. The van der Waals surface area contributed by atoms with Crippen molar-refractivity contribution in [1.82, 2.24) is 10.5 Å². The van der Waals surface area contributed by atoms with Gasteiger partial charge in [0.15, 0.2) is 11.5 Å². The van der Waals surface area contributed by atoms with Gasteiger partial charge in [-0.25, -0.2) is 0 Å². The molecular formula is C21H20N2O3. The normalized spacial score (nSPS) is 16.0. The predicted molar refractivity (Wildman–Crippen MR) is 97.3 cm³/mol. The number of hydrogen-bond donors (Lipinski definition) is 2. The topological polar surface area (TPSA) is 75.4 Å². The number of amides is 1. The van der Waals surface area contributed by atoms with Gasteiger partial charge in [0.25, 0.3) is 5.91 Å². The molecular weight excluding hydrogens is 328 g/mol. The second-order valence-electron chi connectivity index (χ2n) is 6.69. The Morgan fingerprint density at radius 2 is 1.77 bits per heavy atom. The fourth-order valence-electron chi connectivity index (χ4n) is 3.20. The summed E-state index contributed by atoms with van der Waals surface area (Å²) in [6.07, 6.45) is 1.92. The van der Waals surface area contributed by atoms with Gasteiger partial charge in [0.1, 0.15) is 5.60 Å². The van der Waals surface area contributed by atoms with Gasteiger partial charge in [-0.1, -0.05) is 65.8 Å². The molecule has 1 aromatic heterocycles. The molecule has 5 nitrogen and oxygen atoms in total. The summed E-state index contributed by atoms with van der Waals surface area (Å²) in [7, 11) is 0. The number of carbonyl (C=O) groups excluding carboxylic acids is 1. The first-order valence-corrected chi connectivity index (χ1v) is 8.75. The number of aliphatic hydroxyl groups is 1. The maximum atomic E-state index is 12.5. The molecule has 0 radical (unpaired) electrons. The van der Waals surface area contributed by atoms with Crippen LogP contribution in [0.5, 0.6) is 0 Å². The molecule has 132 valence electrons. The minimum Gasteiger partial charge on any atom is -0.383 e. The van der Waals surface area contributed by atoms with Crippen LogP contribution in [0.3, 0.4) is 0 Å². The molecule has 26 heavy (non-hydrogen) atoms. The largest absolute Gasteiger partial charge is 0.383 e. The van der Waals surface area contributed by atoms with E-state index in [2.05, 4.69) is 10.5 Å². The highest BCUT2D eigenvalue weighted by Gasteiger charge is 2.45. The van der Waals surface area contributed by atoms with Gasteiger partial charge in [0.2, 0.25) is 0 Å². The van der Waals surface area contributed by atoms with Crippen LogP contribution in [0.25, 0.3) is 11.3 Å². The molecule has 1 atom stereocenters. The molecule has 3 aromatic rings. The van der Waals surface area contributed by atoms with Crippen LogP contribution >= 0.6 is 0 Å². The van der Waals surface area contributed by atoms with Crippen molar-refractivity contribution in [3.05, 3.63) is 78.0 Å². The van der Waals surface area contributed by atoms with Crippen LogP contribution in [0.2, 0.25) is 0 Å². The maximum absolute atomic E-state index is 12.5. The lowest BCUT2D eigenvalue weighted by Crippen LogP contribution is -2.42. The van der Waals surface area contributed by atoms with E-state index >= 15 is 0 Å². The van der Waals surface area contributed by atoms with E-state index in [4.69, 9.17) is 4.52 Å². The lowest BCUT2D eigenvalue weighted by atomic mass is 9.88. The standard InChI is InChI=1S/C21H20N2O3/c24-20(18-13-19(26-23-18)15-7-3-1-4-8-15)22-14-21(25,17-11-12-17)16-9-5-2-6-10-16/h1-10,13,17,25H,11-12,14H2,(H,22,24)/t21-/m0/s1. The van der Waals surface area contributed by atoms with E-state index in [1.807, 2.05) is 60.7 Å². The zero-order valence-electron chi connectivity index (χ0n) is 14.3. The van der Waals surface area contributed by atoms with Crippen LogP contribution < -0.4 is 5.32 Å². The molecule has 1 fully saturated rings. The van der Waals surface area contributed by atoms with Crippen LogP contribution in [0, 0.1) is 5.92 Å². The number of rotatable bonds is 6. The lowest BCUT2D eigenvalue weighted by molar-refractivity contribution is 0.0134. The van der Waals surface area contributed by atoms with Crippen LogP contribution in [0.15, 0.2) is 71.3 Å². The van der Waals surface area contributed by atoms with Crippen LogP contribution in [0.4, 0.5) is 0 Å². The van der Waals surface area contributed by atoms with Crippen LogP contribution in [-0.2, 0) is 5.60 Å². The fraction of sp³-hybridized carbons (Fsp3) is 0.238. The van der Waals surface area contributed by atoms with Crippen molar-refractivity contribution >= 4 is 5.91 Å². The van der Waals surface area contributed by atoms with Crippen molar-refractivity contribution in [1.29, 1.82) is 0 Å². The Kier molecular flexibility index (Phi) is 4.31. The zero-order chi connectivity index (χ0) is 18.0. The predicted octanol–water partition coefficient (Wildman–Crippen LogP) is 3.37. The second kappa shape index (κ2) is 6.77. The molecule has 0 spiro atoms. The van der Waals surface area contributed by atoms with Gasteiger partial charge in [-0.3, -0.25) is 4.79 Å². The van der Waals surface area contributed by atoms with Gasteiger partial charge in [-0.2, -0.15) is 0 Å². The highest BCUT2D eigenvalue weighted by Crippen LogP contribution is 2.45. The molecule has 4 rings (SSSR count). The molecule has 1 heterocycles. The molecule has 2 aromatic carbocycles. The number of nitrogens with one attached hydrogen (secondary N) is 1. The molecule has 1 aliphatic rings. The van der Waals surface area contributed by atoms with Crippen LogP contribution in [0.1, 0.15) is 28.9 Å². The van der Waals surface area contributed by atoms with Gasteiger partial charge in [-0.15, -0.1) is 0 Å². The zero-order valence-corrected chi connectivity index (χ0v) is 14.3. The summed E-state index contributed by atoms with van der Waals surface area (Å²) in [4.78, 5) is 12.5. The molecule has 1 amide bonds. The minimum absolute atomic E-state index is 0.147. The van der Waals surface area contributed by atoms with Gasteiger partial charge in [-0.05, 0) is 24.3 Å². The molecule has 1 saturated carbocycles. The first kappa shape index (κ1) is 16.5. The number of hydrogen-bond acceptors (Lipinski definition) is 4. The fourth-order valence-corrected chi connectivity index (χ4v) is 3.20. The molecule has 5 heteroatoms. The monoisotopic (exact) mass is 348 g/mol. The highest BCUT2D eigenvalue weighted by molar-refractivity contribution is 5.93. The Bertz CT molecular complexity index is 888. The number of carbonyl (C=O) groups is 1. The van der Waals surface area contributed by atoms with Crippen molar-refractivity contribution in [3.8, 4) is 11.3 Å². The summed E-state index contributed by atoms with van der Waals surface area (Å²) in [6.45, 7) is 0.147. The molecule has 0 bridgehead atoms. The quantitative estimate of drug-likeness (QED) is 0.716. The molecule has 2 N–H and O–H groups in total. The van der Waals surface area contributed by atoms with E-state index in [1.165, 1.54) is 0 Å². The Morgan fingerprint density at radius 3 is 2.42 bits per heavy atom. The Hall–Kier alpha value is -2.92. The number of nitrogens with zero attached hydrogens (tertiary/aromatic N) is 1. The molecule has 1 aliphatic carbocycles. The average molecular weight is 348 g/mol. The van der Waals surface area contributed by atoms with Gasteiger partial charge in [0.05, 0.1) is 6.54 Å². The maximum Gasteiger partial charge on any atom is 0.273 e. The molecule has 0 unspecified atom stereocenters. The van der Waals surface area contributed by atoms with E-state index in [1.54, 1.807) is 6.07 Å². The summed E-state index contributed by atoms with van der Waals surface area (Å²) in [5.74, 6) is 0.351. The summed E-state index contributed by atoms with van der Waals surface area (Å²) >= 11 is 0. The highest BCUT2D eigenvalue weighted by atomic mass is 16.5. The van der Waals surface area contributed by atoms with E-state index < -0.39 is 5.60 Å². The van der Waals surface area contributed by atoms with Gasteiger partial charge in [0, 0.05) is 11.6 Å². The summed E-state index contributed by atoms with van der Waals surface area (Å²) < 4.78 is 5.27. The summed E-state index contributed by atoms with van der Waals surface area (Å²) in [5.41, 5.74) is 0.837.